The molecule has 1 aromatic heterocycles. The van der Waals surface area contributed by atoms with Crippen LogP contribution in [0.2, 0.25) is 0 Å². The van der Waals surface area contributed by atoms with E-state index in [1.807, 2.05) is 11.9 Å². The number of rotatable bonds is 5. The lowest BCUT2D eigenvalue weighted by Crippen LogP contribution is -2.45. The highest BCUT2D eigenvalue weighted by atomic mass is 19.1. The Morgan fingerprint density at radius 1 is 1.30 bits per heavy atom. The minimum atomic E-state index is -1.31. The number of hydrogen-bond donors (Lipinski definition) is 2. The molecule has 2 aliphatic rings. The number of fused-ring (bicyclic) bond motifs is 1. The van der Waals surface area contributed by atoms with Gasteiger partial charge >= 0.3 is 5.97 Å². The molecule has 166 valence electrons. The zero-order valence-corrected chi connectivity index (χ0v) is 17.0. The molecule has 30 heavy (non-hydrogen) atoms. The molecule has 1 aliphatic heterocycles. The molecule has 1 aliphatic carbocycles. The number of anilines is 1. The maximum atomic E-state index is 15.2. The summed E-state index contributed by atoms with van der Waals surface area (Å²) >= 11 is 0. The number of halogens is 1. The molecular weight excluding hydrogens is 397 g/mol. The van der Waals surface area contributed by atoms with E-state index in [1.54, 1.807) is 4.57 Å². The van der Waals surface area contributed by atoms with Crippen LogP contribution in [-0.2, 0) is 0 Å². The highest BCUT2D eigenvalue weighted by Gasteiger charge is 2.32. The van der Waals surface area contributed by atoms with Crippen LogP contribution in [0.15, 0.2) is 17.1 Å². The molecule has 10 heteroatoms. The van der Waals surface area contributed by atoms with Crippen LogP contribution >= 0.6 is 0 Å². The van der Waals surface area contributed by atoms with Crippen LogP contribution in [0.3, 0.4) is 0 Å². The molecule has 0 spiro atoms. The van der Waals surface area contributed by atoms with Crippen LogP contribution < -0.4 is 20.4 Å². The molecule has 0 amide bonds. The van der Waals surface area contributed by atoms with Gasteiger partial charge in [0.05, 0.1) is 18.0 Å². The van der Waals surface area contributed by atoms with Crippen molar-refractivity contribution in [1.29, 1.82) is 0 Å². The van der Waals surface area contributed by atoms with Crippen LogP contribution in [0.25, 0.3) is 10.9 Å². The highest BCUT2D eigenvalue weighted by molar-refractivity contribution is 5.97. The van der Waals surface area contributed by atoms with Gasteiger partial charge in [0.15, 0.2) is 11.6 Å². The fourth-order valence-electron chi connectivity index (χ4n) is 4.14. The number of hydrogen-bond acceptors (Lipinski definition) is 5. The molecule has 1 atom stereocenters. The number of methoxy groups -OCH3 is 1. The number of ether oxygens (including phenoxy) is 1. The van der Waals surface area contributed by atoms with Crippen molar-refractivity contribution in [2.45, 2.75) is 37.8 Å². The van der Waals surface area contributed by atoms with Gasteiger partial charge in [-0.05, 0) is 38.8 Å². The largest absolute Gasteiger partial charge is 0.492 e. The molecule has 0 radical (unpaired) electrons. The lowest BCUT2D eigenvalue weighted by molar-refractivity contribution is 0.0694. The average Bonchev–Trinajstić information content (AvgIpc) is 3.52. The van der Waals surface area contributed by atoms with Gasteiger partial charge in [0.2, 0.25) is 5.43 Å². The number of carbonyl (C=O) groups is 1. The molecule has 1 unspecified atom stereocenters. The van der Waals surface area contributed by atoms with Crippen LogP contribution in [0.1, 0.15) is 42.1 Å². The fourth-order valence-corrected chi connectivity index (χ4v) is 4.14. The highest BCUT2D eigenvalue weighted by Crippen LogP contribution is 2.44. The second kappa shape index (κ2) is 8.99. The minimum absolute atomic E-state index is 0. The summed E-state index contributed by atoms with van der Waals surface area (Å²) in [4.78, 5) is 26.2. The van der Waals surface area contributed by atoms with E-state index in [2.05, 4.69) is 5.32 Å². The van der Waals surface area contributed by atoms with E-state index in [0.29, 0.717) is 30.0 Å². The van der Waals surface area contributed by atoms with Crippen molar-refractivity contribution >= 4 is 22.6 Å². The van der Waals surface area contributed by atoms with Gasteiger partial charge in [0.25, 0.3) is 0 Å². The predicted octanol–water partition coefficient (Wildman–Crippen LogP) is 0.721. The van der Waals surface area contributed by atoms with Crippen molar-refractivity contribution < 1.29 is 30.0 Å². The Morgan fingerprint density at radius 3 is 2.57 bits per heavy atom. The third-order valence-corrected chi connectivity index (χ3v) is 5.72. The number of carboxylic acids is 1. The van der Waals surface area contributed by atoms with Crippen LogP contribution in [0.5, 0.6) is 5.75 Å². The Morgan fingerprint density at radius 2 is 2.00 bits per heavy atom. The average molecular weight is 425 g/mol. The molecule has 2 fully saturated rings. The molecule has 4 rings (SSSR count). The molecule has 2 aromatic rings. The Bertz CT molecular complexity index is 1000. The summed E-state index contributed by atoms with van der Waals surface area (Å²) in [6.45, 7) is 1.33. The van der Waals surface area contributed by atoms with Gasteiger partial charge in [-0.15, -0.1) is 0 Å². The van der Waals surface area contributed by atoms with E-state index in [-0.39, 0.29) is 34.0 Å². The zero-order chi connectivity index (χ0) is 20.0. The summed E-state index contributed by atoms with van der Waals surface area (Å²) < 4.78 is 22.6. The van der Waals surface area contributed by atoms with Crippen molar-refractivity contribution in [2.24, 2.45) is 0 Å². The lowest BCUT2D eigenvalue weighted by atomic mass is 10.0. The van der Waals surface area contributed by atoms with Gasteiger partial charge in [-0.25, -0.2) is 9.18 Å². The summed E-state index contributed by atoms with van der Waals surface area (Å²) in [6.07, 6.45) is 5.08. The summed E-state index contributed by atoms with van der Waals surface area (Å²) in [5.41, 5.74) is -0.216. The first kappa shape index (κ1) is 23.6. The van der Waals surface area contributed by atoms with E-state index in [0.717, 1.165) is 25.7 Å². The fraction of sp³-hybridized carbons (Fsp3) is 0.500. The molecule has 0 bridgehead atoms. The quantitative estimate of drug-likeness (QED) is 0.721. The molecule has 6 N–H and O–H groups in total. The van der Waals surface area contributed by atoms with Gasteiger partial charge in [-0.2, -0.15) is 0 Å². The summed E-state index contributed by atoms with van der Waals surface area (Å²) in [5.74, 6) is -1.58. The number of nitrogens with zero attached hydrogens (tertiary/aromatic N) is 2. The molecular formula is C20H28FN3O6. The van der Waals surface area contributed by atoms with E-state index < -0.39 is 17.2 Å². The third-order valence-electron chi connectivity index (χ3n) is 5.72. The second-order valence-electron chi connectivity index (χ2n) is 7.53. The smallest absolute Gasteiger partial charge is 0.341 e. The first-order chi connectivity index (χ1) is 13.5. The Balaban J connectivity index is 0.00000160. The number of aromatic nitrogens is 1. The summed E-state index contributed by atoms with van der Waals surface area (Å²) in [6, 6.07) is 1.51. The van der Waals surface area contributed by atoms with Gasteiger partial charge in [0.1, 0.15) is 11.3 Å². The zero-order valence-electron chi connectivity index (χ0n) is 17.0. The Kier molecular flexibility index (Phi) is 7.06. The number of aromatic carboxylic acids is 1. The van der Waals surface area contributed by atoms with Crippen LogP contribution in [0.4, 0.5) is 10.1 Å². The standard InChI is InChI=1S/C20H24FN3O4.2H2O/c1-22-11-4-3-7-23(9-11)17-15(21)8-13-16(19(17)28-2)24(12-5-6-12)10-14(18(13)25)20(26)27;;/h8,10-12,22H,3-7,9H2,1-2H3,(H,26,27);2*1H2. The van der Waals surface area contributed by atoms with Crippen molar-refractivity contribution in [3.8, 4) is 5.75 Å². The molecule has 9 nitrogen and oxygen atoms in total. The summed E-state index contributed by atoms with van der Waals surface area (Å²) in [5, 5.41) is 12.7. The summed E-state index contributed by atoms with van der Waals surface area (Å²) in [7, 11) is 3.35. The Hall–Kier alpha value is -2.69. The molecule has 2 heterocycles. The third kappa shape index (κ3) is 3.85. The predicted molar refractivity (Wildman–Crippen MR) is 111 cm³/mol. The Labute approximate surface area is 172 Å². The van der Waals surface area contributed by atoms with E-state index in [9.17, 15) is 14.7 Å². The first-order valence-corrected chi connectivity index (χ1v) is 9.57. The normalized spacial score (nSPS) is 18.5. The monoisotopic (exact) mass is 425 g/mol. The SMILES string of the molecule is CNC1CCCN(c2c(F)cc3c(=O)c(C(=O)O)cn(C4CC4)c3c2OC)C1.O.O. The number of piperidine rings is 1. The minimum Gasteiger partial charge on any atom is -0.492 e. The maximum Gasteiger partial charge on any atom is 0.341 e. The van der Waals surface area contributed by atoms with Crippen LogP contribution in [-0.4, -0.2) is 59.9 Å². The first-order valence-electron chi connectivity index (χ1n) is 9.57. The van der Waals surface area contributed by atoms with Crippen molar-refractivity contribution in [1.82, 2.24) is 9.88 Å². The topological polar surface area (TPSA) is 147 Å². The van der Waals surface area contributed by atoms with Crippen LogP contribution in [0, 0.1) is 5.82 Å². The number of carboxylic acid groups (broad SMARTS) is 1. The van der Waals surface area contributed by atoms with E-state index >= 15 is 4.39 Å². The number of benzene rings is 1. The molecule has 1 saturated carbocycles. The number of pyridine rings is 1. The molecule has 1 aromatic carbocycles. The lowest BCUT2D eigenvalue weighted by Gasteiger charge is -2.35. The number of nitrogens with one attached hydrogen (secondary N) is 1. The van der Waals surface area contributed by atoms with Gasteiger partial charge in [0, 0.05) is 31.4 Å². The van der Waals surface area contributed by atoms with E-state index in [1.165, 1.54) is 19.4 Å². The van der Waals surface area contributed by atoms with Crippen molar-refractivity contribution in [3.05, 3.63) is 33.9 Å². The van der Waals surface area contributed by atoms with Gasteiger partial charge < -0.3 is 35.6 Å². The van der Waals surface area contributed by atoms with Gasteiger partial charge in [-0.1, -0.05) is 0 Å². The second-order valence-corrected chi connectivity index (χ2v) is 7.53. The van der Waals surface area contributed by atoms with Crippen molar-refractivity contribution in [3.63, 3.8) is 0 Å². The molecule has 1 saturated heterocycles. The van der Waals surface area contributed by atoms with Gasteiger partial charge in [-0.3, -0.25) is 4.79 Å². The van der Waals surface area contributed by atoms with Crippen molar-refractivity contribution in [2.75, 3.05) is 32.1 Å². The maximum absolute atomic E-state index is 15.2. The van der Waals surface area contributed by atoms with E-state index in [4.69, 9.17) is 4.74 Å². The number of likely N-dealkylation sites (N-methyl/N-ethyl adjacent to an activating group) is 1.